The number of thiazole rings is 1. The van der Waals surface area contributed by atoms with E-state index in [1.54, 1.807) is 6.20 Å². The SMILES string of the molecule is C/C=C/CCNCc1ncc(Cl)s1. The summed E-state index contributed by atoms with van der Waals surface area (Å²) < 4.78 is 0.755. The topological polar surface area (TPSA) is 24.9 Å². The van der Waals surface area contributed by atoms with Crippen LogP contribution in [0.15, 0.2) is 18.3 Å². The molecule has 0 aliphatic carbocycles. The van der Waals surface area contributed by atoms with Crippen LogP contribution in [-0.2, 0) is 6.54 Å². The van der Waals surface area contributed by atoms with Crippen LogP contribution in [0, 0.1) is 0 Å². The molecule has 0 aliphatic rings. The second-order valence-electron chi connectivity index (χ2n) is 2.59. The number of aromatic nitrogens is 1. The molecular formula is C9H13ClN2S. The van der Waals surface area contributed by atoms with E-state index in [-0.39, 0.29) is 0 Å². The van der Waals surface area contributed by atoms with Gasteiger partial charge in [-0.05, 0) is 19.9 Å². The van der Waals surface area contributed by atoms with Crippen molar-refractivity contribution in [2.24, 2.45) is 0 Å². The van der Waals surface area contributed by atoms with Crippen molar-refractivity contribution >= 4 is 22.9 Å². The summed E-state index contributed by atoms with van der Waals surface area (Å²) >= 11 is 7.27. The van der Waals surface area contributed by atoms with E-state index in [1.807, 2.05) is 6.92 Å². The fourth-order valence-corrected chi connectivity index (χ4v) is 1.84. The van der Waals surface area contributed by atoms with Crippen molar-refractivity contribution in [3.63, 3.8) is 0 Å². The predicted molar refractivity (Wildman–Crippen MR) is 58.3 cm³/mol. The number of hydrogen-bond acceptors (Lipinski definition) is 3. The van der Waals surface area contributed by atoms with Gasteiger partial charge in [0, 0.05) is 6.54 Å². The van der Waals surface area contributed by atoms with Crippen molar-refractivity contribution in [3.05, 3.63) is 27.7 Å². The summed E-state index contributed by atoms with van der Waals surface area (Å²) in [6.07, 6.45) is 6.95. The van der Waals surface area contributed by atoms with Crippen LogP contribution in [0.2, 0.25) is 4.34 Å². The molecule has 0 fully saturated rings. The fourth-order valence-electron chi connectivity index (χ4n) is 0.917. The molecule has 0 spiro atoms. The number of allylic oxidation sites excluding steroid dienone is 1. The molecular weight excluding hydrogens is 204 g/mol. The lowest BCUT2D eigenvalue weighted by atomic mass is 10.4. The molecule has 1 rings (SSSR count). The van der Waals surface area contributed by atoms with Gasteiger partial charge in [0.25, 0.3) is 0 Å². The molecule has 4 heteroatoms. The Kier molecular flexibility index (Phi) is 5.05. The van der Waals surface area contributed by atoms with Crippen LogP contribution < -0.4 is 5.32 Å². The van der Waals surface area contributed by atoms with Gasteiger partial charge >= 0.3 is 0 Å². The Morgan fingerprint density at radius 2 is 2.54 bits per heavy atom. The van der Waals surface area contributed by atoms with E-state index in [0.717, 1.165) is 28.9 Å². The summed E-state index contributed by atoms with van der Waals surface area (Å²) in [4.78, 5) is 4.14. The van der Waals surface area contributed by atoms with Gasteiger partial charge in [-0.25, -0.2) is 4.98 Å². The Morgan fingerprint density at radius 1 is 1.69 bits per heavy atom. The summed E-state index contributed by atoms with van der Waals surface area (Å²) in [5.74, 6) is 0. The molecule has 0 unspecified atom stereocenters. The van der Waals surface area contributed by atoms with E-state index < -0.39 is 0 Å². The van der Waals surface area contributed by atoms with Crippen molar-refractivity contribution in [1.29, 1.82) is 0 Å². The minimum absolute atomic E-state index is 0.755. The van der Waals surface area contributed by atoms with Gasteiger partial charge in [-0.2, -0.15) is 0 Å². The average Bonchev–Trinajstić information content (AvgIpc) is 2.51. The van der Waals surface area contributed by atoms with Gasteiger partial charge in [-0.3, -0.25) is 0 Å². The highest BCUT2D eigenvalue weighted by molar-refractivity contribution is 7.15. The van der Waals surface area contributed by atoms with Gasteiger partial charge < -0.3 is 5.32 Å². The first-order chi connectivity index (χ1) is 6.33. The first-order valence-electron chi connectivity index (χ1n) is 4.25. The summed E-state index contributed by atoms with van der Waals surface area (Å²) in [6.45, 7) is 3.83. The molecule has 0 saturated heterocycles. The molecule has 0 aromatic carbocycles. The zero-order chi connectivity index (χ0) is 9.52. The van der Waals surface area contributed by atoms with Gasteiger partial charge in [0.2, 0.25) is 0 Å². The Balaban J connectivity index is 2.13. The molecule has 13 heavy (non-hydrogen) atoms. The van der Waals surface area contributed by atoms with Crippen LogP contribution in [0.4, 0.5) is 0 Å². The molecule has 0 radical (unpaired) electrons. The Hall–Kier alpha value is -0.380. The summed E-state index contributed by atoms with van der Waals surface area (Å²) in [5, 5.41) is 4.33. The van der Waals surface area contributed by atoms with Crippen molar-refractivity contribution in [3.8, 4) is 0 Å². The van der Waals surface area contributed by atoms with Crippen molar-refractivity contribution in [1.82, 2.24) is 10.3 Å². The molecule has 0 amide bonds. The third-order valence-corrected chi connectivity index (χ3v) is 2.64. The van der Waals surface area contributed by atoms with Crippen LogP contribution >= 0.6 is 22.9 Å². The Morgan fingerprint density at radius 3 is 3.15 bits per heavy atom. The number of halogens is 1. The molecule has 1 aromatic rings. The molecule has 0 atom stereocenters. The molecule has 0 saturated carbocycles. The Bertz CT molecular complexity index is 270. The third-order valence-electron chi connectivity index (χ3n) is 1.53. The zero-order valence-electron chi connectivity index (χ0n) is 7.59. The highest BCUT2D eigenvalue weighted by Gasteiger charge is 1.97. The average molecular weight is 217 g/mol. The molecule has 72 valence electrons. The van der Waals surface area contributed by atoms with Crippen LogP contribution in [-0.4, -0.2) is 11.5 Å². The van der Waals surface area contributed by atoms with E-state index in [4.69, 9.17) is 11.6 Å². The minimum Gasteiger partial charge on any atom is -0.310 e. The minimum atomic E-state index is 0.755. The zero-order valence-corrected chi connectivity index (χ0v) is 9.16. The summed E-state index contributed by atoms with van der Waals surface area (Å²) in [6, 6.07) is 0. The van der Waals surface area contributed by atoms with E-state index in [1.165, 1.54) is 11.3 Å². The van der Waals surface area contributed by atoms with Gasteiger partial charge in [0.15, 0.2) is 0 Å². The maximum Gasteiger partial charge on any atom is 0.113 e. The van der Waals surface area contributed by atoms with Crippen LogP contribution in [0.5, 0.6) is 0 Å². The number of nitrogens with one attached hydrogen (secondary N) is 1. The normalized spacial score (nSPS) is 11.2. The lowest BCUT2D eigenvalue weighted by molar-refractivity contribution is 0.692. The first-order valence-corrected chi connectivity index (χ1v) is 5.44. The predicted octanol–water partition coefficient (Wildman–Crippen LogP) is 2.85. The van der Waals surface area contributed by atoms with Crippen LogP contribution in [0.3, 0.4) is 0 Å². The maximum atomic E-state index is 5.74. The quantitative estimate of drug-likeness (QED) is 0.605. The fraction of sp³-hybridized carbons (Fsp3) is 0.444. The van der Waals surface area contributed by atoms with Crippen molar-refractivity contribution in [2.45, 2.75) is 19.9 Å². The van der Waals surface area contributed by atoms with E-state index in [9.17, 15) is 0 Å². The number of nitrogens with zero attached hydrogens (tertiary/aromatic N) is 1. The second-order valence-corrected chi connectivity index (χ2v) is 4.34. The van der Waals surface area contributed by atoms with Gasteiger partial charge in [-0.1, -0.05) is 23.8 Å². The second kappa shape index (κ2) is 6.13. The first kappa shape index (κ1) is 10.7. The molecule has 0 bridgehead atoms. The van der Waals surface area contributed by atoms with Crippen LogP contribution in [0.1, 0.15) is 18.4 Å². The van der Waals surface area contributed by atoms with Gasteiger partial charge in [0.1, 0.15) is 9.34 Å². The lowest BCUT2D eigenvalue weighted by Crippen LogP contribution is -2.13. The lowest BCUT2D eigenvalue weighted by Gasteiger charge is -1.97. The maximum absolute atomic E-state index is 5.74. The highest BCUT2D eigenvalue weighted by atomic mass is 35.5. The van der Waals surface area contributed by atoms with Crippen molar-refractivity contribution in [2.75, 3.05) is 6.54 Å². The third kappa shape index (κ3) is 4.41. The summed E-state index contributed by atoms with van der Waals surface area (Å²) in [5.41, 5.74) is 0. The van der Waals surface area contributed by atoms with Gasteiger partial charge in [0.05, 0.1) is 6.20 Å². The molecule has 0 aliphatic heterocycles. The van der Waals surface area contributed by atoms with E-state index in [0.29, 0.717) is 0 Å². The Labute approximate surface area is 87.6 Å². The van der Waals surface area contributed by atoms with Gasteiger partial charge in [-0.15, -0.1) is 11.3 Å². The van der Waals surface area contributed by atoms with E-state index in [2.05, 4.69) is 22.5 Å². The molecule has 1 heterocycles. The summed E-state index contributed by atoms with van der Waals surface area (Å²) in [7, 11) is 0. The smallest absolute Gasteiger partial charge is 0.113 e. The largest absolute Gasteiger partial charge is 0.310 e. The van der Waals surface area contributed by atoms with Crippen molar-refractivity contribution < 1.29 is 0 Å². The molecule has 2 nitrogen and oxygen atoms in total. The monoisotopic (exact) mass is 216 g/mol. The number of hydrogen-bond donors (Lipinski definition) is 1. The van der Waals surface area contributed by atoms with Crippen LogP contribution in [0.25, 0.3) is 0 Å². The van der Waals surface area contributed by atoms with E-state index >= 15 is 0 Å². The molecule has 1 N–H and O–H groups in total. The highest BCUT2D eigenvalue weighted by Crippen LogP contribution is 2.17. The standard InChI is InChI=1S/C9H13ClN2S/c1-2-3-4-5-11-7-9-12-6-8(10)13-9/h2-3,6,11H,4-5,7H2,1H3/b3-2+. The number of rotatable bonds is 5. The molecule has 1 aromatic heterocycles.